The van der Waals surface area contributed by atoms with E-state index in [-0.39, 0.29) is 11.8 Å². The first-order valence-corrected chi connectivity index (χ1v) is 11.4. The van der Waals surface area contributed by atoms with Crippen molar-refractivity contribution in [3.63, 3.8) is 0 Å². The number of hydrogen-bond acceptors (Lipinski definition) is 7. The third-order valence-corrected chi connectivity index (χ3v) is 5.32. The summed E-state index contributed by atoms with van der Waals surface area (Å²) in [5, 5.41) is 5.87. The molecule has 9 heteroatoms. The molecule has 1 rings (SSSR count). The molecule has 1 unspecified atom stereocenters. The van der Waals surface area contributed by atoms with Crippen molar-refractivity contribution in [3.8, 4) is 0 Å². The molecule has 28 heavy (non-hydrogen) atoms. The van der Waals surface area contributed by atoms with Crippen LogP contribution in [0.15, 0.2) is 0 Å². The average Bonchev–Trinajstić information content (AvgIpc) is 2.66. The number of hydrogen-bond donors (Lipinski definition) is 4. The Hall–Kier alpha value is -0.870. The minimum absolute atomic E-state index is 0.0997. The van der Waals surface area contributed by atoms with Crippen LogP contribution in [0.5, 0.6) is 0 Å². The first-order chi connectivity index (χ1) is 13.5. The van der Waals surface area contributed by atoms with Gasteiger partial charge in [-0.05, 0) is 50.2 Å². The molecule has 0 spiro atoms. The van der Waals surface area contributed by atoms with E-state index in [2.05, 4.69) is 34.3 Å². The van der Waals surface area contributed by atoms with Crippen LogP contribution in [0, 0.1) is 5.92 Å². The maximum Gasteiger partial charge on any atom is 0.242 e. The number of rotatable bonds is 14. The highest BCUT2D eigenvalue weighted by Crippen LogP contribution is 2.05. The summed E-state index contributed by atoms with van der Waals surface area (Å²) in [6.45, 7) is 10.1. The Bertz CT molecular complexity index is 445. The van der Waals surface area contributed by atoms with Gasteiger partial charge >= 0.3 is 0 Å². The van der Waals surface area contributed by atoms with E-state index in [0.717, 1.165) is 64.0 Å². The molecule has 1 atom stereocenters. The summed E-state index contributed by atoms with van der Waals surface area (Å²) in [5.41, 5.74) is 5.56. The highest BCUT2D eigenvalue weighted by atomic mass is 32.2. The number of nitrogens with one attached hydrogen (secondary N) is 2. The van der Waals surface area contributed by atoms with Crippen molar-refractivity contribution in [2.24, 2.45) is 11.7 Å². The van der Waals surface area contributed by atoms with Gasteiger partial charge in [-0.2, -0.15) is 0 Å². The zero-order valence-corrected chi connectivity index (χ0v) is 18.3. The molecule has 1 saturated heterocycles. The van der Waals surface area contributed by atoms with Crippen LogP contribution in [-0.2, 0) is 9.59 Å². The maximum atomic E-state index is 12.5. The van der Waals surface area contributed by atoms with Gasteiger partial charge in [0.15, 0.2) is 0 Å². The highest BCUT2D eigenvalue weighted by molar-refractivity contribution is 7.93. The van der Waals surface area contributed by atoms with Gasteiger partial charge in [0.2, 0.25) is 11.8 Å². The summed E-state index contributed by atoms with van der Waals surface area (Å²) in [7, 11) is 0. The summed E-state index contributed by atoms with van der Waals surface area (Å²) < 4.78 is 8.84. The van der Waals surface area contributed by atoms with E-state index in [9.17, 15) is 9.59 Å². The smallest absolute Gasteiger partial charge is 0.242 e. The minimum Gasteiger partial charge on any atom is -0.354 e. The number of nitrogens with two attached hydrogens (primary N) is 1. The van der Waals surface area contributed by atoms with Crippen LogP contribution >= 0.6 is 12.0 Å². The van der Waals surface area contributed by atoms with Crippen LogP contribution < -0.4 is 16.4 Å². The molecule has 0 radical (unpaired) electrons. The summed E-state index contributed by atoms with van der Waals surface area (Å²) in [4.78, 5) is 29.4. The standard InChI is InChI=1S/C19H39N5O3S/c1-16(2)6-8-21-19(26)17(5-3-4-7-20)22-18(25)15-24-11-9-23(10-12-24)13-14-28-27/h16-17,27H,3-15,20H2,1-2H3,(H,21,26)(H,22,25). The normalized spacial score (nSPS) is 16.9. The predicted octanol–water partition coefficient (Wildman–Crippen LogP) is 0.586. The van der Waals surface area contributed by atoms with E-state index in [1.165, 1.54) is 0 Å². The van der Waals surface area contributed by atoms with Gasteiger partial charge in [0.1, 0.15) is 6.04 Å². The molecule has 164 valence electrons. The van der Waals surface area contributed by atoms with Crippen molar-refractivity contribution in [1.82, 2.24) is 20.4 Å². The lowest BCUT2D eigenvalue weighted by Gasteiger charge is -2.34. The molecular formula is C19H39N5O3S. The molecule has 0 saturated carbocycles. The number of amides is 2. The number of nitrogens with zero attached hydrogens (tertiary/aromatic N) is 2. The topological polar surface area (TPSA) is 111 Å². The Labute approximate surface area is 174 Å². The van der Waals surface area contributed by atoms with Crippen molar-refractivity contribution in [1.29, 1.82) is 0 Å². The van der Waals surface area contributed by atoms with Crippen molar-refractivity contribution in [2.75, 3.05) is 58.1 Å². The van der Waals surface area contributed by atoms with Gasteiger partial charge in [0.05, 0.1) is 6.54 Å². The quantitative estimate of drug-likeness (QED) is 0.242. The van der Waals surface area contributed by atoms with Crippen LogP contribution in [0.4, 0.5) is 0 Å². The van der Waals surface area contributed by atoms with Gasteiger partial charge in [-0.3, -0.25) is 19.4 Å². The fourth-order valence-corrected chi connectivity index (χ4v) is 3.49. The lowest BCUT2D eigenvalue weighted by atomic mass is 10.1. The van der Waals surface area contributed by atoms with Crippen LogP contribution in [0.1, 0.15) is 39.5 Å². The van der Waals surface area contributed by atoms with Gasteiger partial charge in [0.25, 0.3) is 0 Å². The molecule has 1 fully saturated rings. The third kappa shape index (κ3) is 11.2. The van der Waals surface area contributed by atoms with Gasteiger partial charge in [-0.1, -0.05) is 13.8 Å². The van der Waals surface area contributed by atoms with Crippen molar-refractivity contribution in [3.05, 3.63) is 0 Å². The Kier molecular flexibility index (Phi) is 13.5. The summed E-state index contributed by atoms with van der Waals surface area (Å²) in [6, 6.07) is -0.492. The molecule has 1 aliphatic rings. The van der Waals surface area contributed by atoms with E-state index in [4.69, 9.17) is 10.3 Å². The van der Waals surface area contributed by atoms with E-state index in [0.29, 0.717) is 37.7 Å². The van der Waals surface area contributed by atoms with Crippen molar-refractivity contribution < 1.29 is 14.1 Å². The molecule has 0 bridgehead atoms. The molecule has 2 amide bonds. The number of carbonyl (C=O) groups is 2. The fourth-order valence-electron chi connectivity index (χ4n) is 3.15. The molecule has 0 aromatic carbocycles. The second-order valence-corrected chi connectivity index (χ2v) is 8.50. The van der Waals surface area contributed by atoms with Crippen LogP contribution in [0.3, 0.4) is 0 Å². The SMILES string of the molecule is CC(C)CCNC(=O)C(CCCCN)NC(=O)CN1CCN(CCSO)CC1. The number of carbonyl (C=O) groups excluding carboxylic acids is 2. The van der Waals surface area contributed by atoms with Crippen molar-refractivity contribution >= 4 is 23.9 Å². The molecule has 1 heterocycles. The van der Waals surface area contributed by atoms with Gasteiger partial charge in [-0.15, -0.1) is 0 Å². The Balaban J connectivity index is 2.41. The van der Waals surface area contributed by atoms with E-state index in [1.807, 2.05) is 0 Å². The highest BCUT2D eigenvalue weighted by Gasteiger charge is 2.23. The van der Waals surface area contributed by atoms with Gasteiger partial charge < -0.3 is 20.9 Å². The van der Waals surface area contributed by atoms with Gasteiger partial charge in [-0.25, -0.2) is 0 Å². The van der Waals surface area contributed by atoms with Crippen LogP contribution in [0.2, 0.25) is 0 Å². The second-order valence-electron chi connectivity index (χ2n) is 7.83. The summed E-state index contributed by atoms with van der Waals surface area (Å²) >= 11 is 0.866. The first kappa shape index (κ1) is 25.2. The van der Waals surface area contributed by atoms with Crippen LogP contribution in [0.25, 0.3) is 0 Å². The predicted molar refractivity (Wildman–Crippen MR) is 115 cm³/mol. The number of unbranched alkanes of at least 4 members (excludes halogenated alkanes) is 1. The maximum absolute atomic E-state index is 12.5. The Morgan fingerprint density at radius 2 is 1.79 bits per heavy atom. The van der Waals surface area contributed by atoms with Gasteiger partial charge in [0, 0.05) is 45.0 Å². The van der Waals surface area contributed by atoms with Crippen molar-refractivity contribution in [2.45, 2.75) is 45.6 Å². The zero-order valence-electron chi connectivity index (χ0n) is 17.5. The second kappa shape index (κ2) is 15.0. The lowest BCUT2D eigenvalue weighted by Crippen LogP contribution is -2.53. The summed E-state index contributed by atoms with van der Waals surface area (Å²) in [6.07, 6.45) is 3.21. The van der Waals surface area contributed by atoms with E-state index >= 15 is 0 Å². The molecule has 8 nitrogen and oxygen atoms in total. The largest absolute Gasteiger partial charge is 0.354 e. The molecule has 5 N–H and O–H groups in total. The van der Waals surface area contributed by atoms with Crippen LogP contribution in [-0.4, -0.2) is 90.3 Å². The van der Waals surface area contributed by atoms with E-state index in [1.54, 1.807) is 0 Å². The molecule has 0 aromatic heterocycles. The third-order valence-electron chi connectivity index (χ3n) is 4.95. The Morgan fingerprint density at radius 1 is 1.11 bits per heavy atom. The molecule has 0 aromatic rings. The monoisotopic (exact) mass is 417 g/mol. The van der Waals surface area contributed by atoms with E-state index < -0.39 is 6.04 Å². The minimum atomic E-state index is -0.492. The summed E-state index contributed by atoms with van der Waals surface area (Å²) in [5.74, 6) is 1.03. The average molecular weight is 418 g/mol. The zero-order chi connectivity index (χ0) is 20.8. The molecule has 0 aliphatic carbocycles. The molecular weight excluding hydrogens is 378 g/mol. The Morgan fingerprint density at radius 3 is 2.39 bits per heavy atom. The lowest BCUT2D eigenvalue weighted by molar-refractivity contribution is -0.130. The molecule has 1 aliphatic heterocycles. The first-order valence-electron chi connectivity index (χ1n) is 10.4. The number of piperazine rings is 1. The fraction of sp³-hybridized carbons (Fsp3) is 0.895.